The Labute approximate surface area is 120 Å². The summed E-state index contributed by atoms with van der Waals surface area (Å²) < 4.78 is 33.8. The molecule has 0 aromatic heterocycles. The van der Waals surface area contributed by atoms with Crippen molar-refractivity contribution in [3.05, 3.63) is 23.8 Å². The molecule has 1 aromatic carbocycles. The van der Waals surface area contributed by atoms with E-state index in [4.69, 9.17) is 14.6 Å². The van der Waals surface area contributed by atoms with Crippen LogP contribution in [-0.4, -0.2) is 27.7 Å². The van der Waals surface area contributed by atoms with Crippen LogP contribution in [0.25, 0.3) is 0 Å². The van der Waals surface area contributed by atoms with Crippen LogP contribution in [0.3, 0.4) is 0 Å². The fraction of sp³-hybridized carbons (Fsp3) is 0.571. The Morgan fingerprint density at radius 1 is 1.45 bits per heavy atom. The summed E-state index contributed by atoms with van der Waals surface area (Å²) in [5.41, 5.74) is 0.601. The first-order chi connectivity index (χ1) is 9.47. The highest BCUT2D eigenvalue weighted by molar-refractivity contribution is 7.89. The van der Waals surface area contributed by atoms with Crippen LogP contribution in [0.15, 0.2) is 23.1 Å². The summed E-state index contributed by atoms with van der Waals surface area (Å²) in [5, 5.41) is 5.12. The van der Waals surface area contributed by atoms with Crippen molar-refractivity contribution in [1.29, 1.82) is 0 Å². The molecule has 5 nitrogen and oxygen atoms in total. The lowest BCUT2D eigenvalue weighted by Gasteiger charge is -2.11. The summed E-state index contributed by atoms with van der Waals surface area (Å²) in [6.45, 7) is 3.19. The largest absolute Gasteiger partial charge is 0.494 e. The zero-order valence-corrected chi connectivity index (χ0v) is 12.5. The maximum absolute atomic E-state index is 11.3. The van der Waals surface area contributed by atoms with Crippen LogP contribution >= 0.6 is 0 Å². The first kappa shape index (κ1) is 15.3. The van der Waals surface area contributed by atoms with Gasteiger partial charge < -0.3 is 9.47 Å². The smallest absolute Gasteiger partial charge is 0.238 e. The van der Waals surface area contributed by atoms with Gasteiger partial charge in [0.15, 0.2) is 0 Å². The molecule has 1 aromatic rings. The van der Waals surface area contributed by atoms with Crippen LogP contribution in [-0.2, 0) is 14.8 Å². The molecule has 0 amide bonds. The topological polar surface area (TPSA) is 78.6 Å². The molecule has 0 radical (unpaired) electrons. The number of sulfonamides is 1. The van der Waals surface area contributed by atoms with Gasteiger partial charge in [0, 0.05) is 6.61 Å². The molecule has 1 saturated heterocycles. The summed E-state index contributed by atoms with van der Waals surface area (Å²) in [7, 11) is -3.66. The maximum atomic E-state index is 11.3. The minimum Gasteiger partial charge on any atom is -0.494 e. The van der Waals surface area contributed by atoms with Crippen molar-refractivity contribution in [1.82, 2.24) is 0 Å². The molecule has 1 aliphatic rings. The second-order valence-electron chi connectivity index (χ2n) is 5.10. The van der Waals surface area contributed by atoms with E-state index in [1.807, 2.05) is 0 Å². The molecular formula is C14H21NO4S. The van der Waals surface area contributed by atoms with E-state index in [1.54, 1.807) is 19.1 Å². The van der Waals surface area contributed by atoms with Gasteiger partial charge in [-0.3, -0.25) is 0 Å². The molecule has 20 heavy (non-hydrogen) atoms. The molecule has 2 N–H and O–H groups in total. The van der Waals surface area contributed by atoms with E-state index in [1.165, 1.54) is 6.07 Å². The Kier molecular flexibility index (Phi) is 5.01. The van der Waals surface area contributed by atoms with E-state index in [9.17, 15) is 8.42 Å². The monoisotopic (exact) mass is 299 g/mol. The average Bonchev–Trinajstić information content (AvgIpc) is 2.86. The Morgan fingerprint density at radius 2 is 2.25 bits per heavy atom. The molecule has 1 unspecified atom stereocenters. The third kappa shape index (κ3) is 4.19. The predicted octanol–water partition coefficient (Wildman–Crippen LogP) is 1.98. The summed E-state index contributed by atoms with van der Waals surface area (Å²) in [6, 6.07) is 4.82. The molecule has 112 valence electrons. The highest BCUT2D eigenvalue weighted by Gasteiger charge is 2.15. The van der Waals surface area contributed by atoms with E-state index >= 15 is 0 Å². The fourth-order valence-electron chi connectivity index (χ4n) is 2.40. The molecule has 0 aliphatic carbocycles. The van der Waals surface area contributed by atoms with Gasteiger partial charge in [0.1, 0.15) is 5.75 Å². The van der Waals surface area contributed by atoms with E-state index in [-0.39, 0.29) is 4.90 Å². The van der Waals surface area contributed by atoms with Crippen molar-refractivity contribution < 1.29 is 17.9 Å². The second-order valence-corrected chi connectivity index (χ2v) is 6.63. The summed E-state index contributed by atoms with van der Waals surface area (Å²) >= 11 is 0. The Hall–Kier alpha value is -1.11. The first-order valence-corrected chi connectivity index (χ1v) is 8.39. The molecule has 6 heteroatoms. The van der Waals surface area contributed by atoms with Crippen molar-refractivity contribution in [3.63, 3.8) is 0 Å². The van der Waals surface area contributed by atoms with Crippen LogP contribution in [0, 0.1) is 6.92 Å². The van der Waals surface area contributed by atoms with Crippen molar-refractivity contribution in [2.24, 2.45) is 5.14 Å². The first-order valence-electron chi connectivity index (χ1n) is 6.84. The predicted molar refractivity (Wildman–Crippen MR) is 76.3 cm³/mol. The van der Waals surface area contributed by atoms with Gasteiger partial charge in [0.25, 0.3) is 0 Å². The molecule has 0 spiro atoms. The van der Waals surface area contributed by atoms with Crippen LogP contribution < -0.4 is 9.88 Å². The van der Waals surface area contributed by atoms with Crippen molar-refractivity contribution >= 4 is 10.0 Å². The van der Waals surface area contributed by atoms with E-state index < -0.39 is 10.0 Å². The standard InChI is InChI=1S/C14H21NO4S/c1-11-10-13(6-7-14(11)20(15,16)17)19-9-3-5-12-4-2-8-18-12/h6-7,10,12H,2-5,8-9H2,1H3,(H2,15,16,17). The lowest BCUT2D eigenvalue weighted by Crippen LogP contribution is -2.13. The highest BCUT2D eigenvalue weighted by Crippen LogP contribution is 2.21. The van der Waals surface area contributed by atoms with Gasteiger partial charge in [-0.05, 0) is 56.4 Å². The molecule has 1 atom stereocenters. The molecule has 2 rings (SSSR count). The number of aryl methyl sites for hydroxylation is 1. The number of nitrogens with two attached hydrogens (primary N) is 1. The van der Waals surface area contributed by atoms with Crippen LogP contribution in [0.1, 0.15) is 31.2 Å². The van der Waals surface area contributed by atoms with Gasteiger partial charge in [-0.15, -0.1) is 0 Å². The molecule has 1 aliphatic heterocycles. The Balaban J connectivity index is 1.83. The zero-order chi connectivity index (χ0) is 14.6. The third-order valence-corrected chi connectivity index (χ3v) is 4.49. The molecule has 0 bridgehead atoms. The van der Waals surface area contributed by atoms with Gasteiger partial charge in [-0.2, -0.15) is 0 Å². The van der Waals surface area contributed by atoms with E-state index in [0.717, 1.165) is 32.3 Å². The average molecular weight is 299 g/mol. The lowest BCUT2D eigenvalue weighted by atomic mass is 10.1. The van der Waals surface area contributed by atoms with Crippen molar-refractivity contribution in [2.75, 3.05) is 13.2 Å². The number of rotatable bonds is 6. The lowest BCUT2D eigenvalue weighted by molar-refractivity contribution is 0.0981. The number of hydrogen-bond donors (Lipinski definition) is 1. The van der Waals surface area contributed by atoms with Gasteiger partial charge in [-0.25, -0.2) is 13.6 Å². The quantitative estimate of drug-likeness (QED) is 0.815. The fourth-order valence-corrected chi connectivity index (χ4v) is 3.17. The van der Waals surface area contributed by atoms with Gasteiger partial charge >= 0.3 is 0 Å². The number of primary sulfonamides is 1. The summed E-state index contributed by atoms with van der Waals surface area (Å²) in [4.78, 5) is 0.143. The highest BCUT2D eigenvalue weighted by atomic mass is 32.2. The van der Waals surface area contributed by atoms with Gasteiger partial charge in [0.05, 0.1) is 17.6 Å². The van der Waals surface area contributed by atoms with Crippen LogP contribution in [0.4, 0.5) is 0 Å². The molecule has 0 saturated carbocycles. The minimum absolute atomic E-state index is 0.143. The van der Waals surface area contributed by atoms with E-state index in [0.29, 0.717) is 24.0 Å². The summed E-state index contributed by atoms with van der Waals surface area (Å²) in [5.74, 6) is 0.669. The van der Waals surface area contributed by atoms with Crippen LogP contribution in [0.2, 0.25) is 0 Å². The third-order valence-electron chi connectivity index (χ3n) is 3.42. The number of hydrogen-bond acceptors (Lipinski definition) is 4. The molecule has 1 heterocycles. The van der Waals surface area contributed by atoms with E-state index in [2.05, 4.69) is 0 Å². The second kappa shape index (κ2) is 6.56. The van der Waals surface area contributed by atoms with Crippen molar-refractivity contribution in [2.45, 2.75) is 43.6 Å². The van der Waals surface area contributed by atoms with Gasteiger partial charge in [-0.1, -0.05) is 0 Å². The maximum Gasteiger partial charge on any atom is 0.238 e. The SMILES string of the molecule is Cc1cc(OCCCC2CCCO2)ccc1S(N)(=O)=O. The summed E-state index contributed by atoms with van der Waals surface area (Å²) in [6.07, 6.45) is 4.61. The van der Waals surface area contributed by atoms with Crippen LogP contribution in [0.5, 0.6) is 5.75 Å². The van der Waals surface area contributed by atoms with Crippen molar-refractivity contribution in [3.8, 4) is 5.75 Å². The number of benzene rings is 1. The van der Waals surface area contributed by atoms with Gasteiger partial charge in [0.2, 0.25) is 10.0 Å². The zero-order valence-electron chi connectivity index (χ0n) is 11.7. The number of ether oxygens (including phenoxy) is 2. The molecular weight excluding hydrogens is 278 g/mol. The normalized spacial score (nSPS) is 19.2. The minimum atomic E-state index is -3.66. The Bertz CT molecular complexity index is 550. The Morgan fingerprint density at radius 3 is 2.85 bits per heavy atom. The molecule has 1 fully saturated rings.